The van der Waals surface area contributed by atoms with Gasteiger partial charge in [0.05, 0.1) is 34.8 Å². The van der Waals surface area contributed by atoms with Crippen LogP contribution in [0.2, 0.25) is 5.02 Å². The van der Waals surface area contributed by atoms with Crippen molar-refractivity contribution < 1.29 is 14.6 Å². The SMILES string of the molecule is COc1cccc(-c2[nH]c(-c3ccnc(N)n3)cc2C(=O)O)c1Cl. The summed E-state index contributed by atoms with van der Waals surface area (Å²) in [6.45, 7) is 0. The maximum absolute atomic E-state index is 11.6. The van der Waals surface area contributed by atoms with Gasteiger partial charge in [-0.25, -0.2) is 14.8 Å². The number of methoxy groups -OCH3 is 1. The number of ether oxygens (including phenoxy) is 1. The number of benzene rings is 1. The van der Waals surface area contributed by atoms with Gasteiger partial charge in [-0.3, -0.25) is 0 Å². The first-order valence-corrected chi connectivity index (χ1v) is 7.27. The summed E-state index contributed by atoms with van der Waals surface area (Å²) in [5, 5.41) is 9.83. The third-order valence-electron chi connectivity index (χ3n) is 3.45. The molecule has 0 bridgehead atoms. The molecular formula is C16H13ClN4O3. The molecule has 0 spiro atoms. The number of carbonyl (C=O) groups is 1. The van der Waals surface area contributed by atoms with E-state index in [1.807, 2.05) is 0 Å². The summed E-state index contributed by atoms with van der Waals surface area (Å²) in [4.78, 5) is 22.6. The lowest BCUT2D eigenvalue weighted by Crippen LogP contribution is -1.97. The summed E-state index contributed by atoms with van der Waals surface area (Å²) in [5.74, 6) is -0.540. The van der Waals surface area contributed by atoms with Gasteiger partial charge in [0.25, 0.3) is 0 Å². The van der Waals surface area contributed by atoms with Crippen LogP contribution in [0.3, 0.4) is 0 Å². The molecule has 0 atom stereocenters. The Morgan fingerprint density at radius 3 is 2.83 bits per heavy atom. The third kappa shape index (κ3) is 2.77. The first kappa shape index (κ1) is 15.8. The van der Waals surface area contributed by atoms with Gasteiger partial charge in [0.15, 0.2) is 0 Å². The molecule has 2 aromatic heterocycles. The van der Waals surface area contributed by atoms with Gasteiger partial charge in [-0.2, -0.15) is 0 Å². The number of rotatable bonds is 4. The average molecular weight is 345 g/mol. The average Bonchev–Trinajstić information content (AvgIpc) is 3.00. The lowest BCUT2D eigenvalue weighted by atomic mass is 10.1. The van der Waals surface area contributed by atoms with Gasteiger partial charge in [-0.05, 0) is 18.2 Å². The molecule has 8 heteroatoms. The molecule has 0 aliphatic heterocycles. The summed E-state index contributed by atoms with van der Waals surface area (Å²) in [7, 11) is 1.49. The molecule has 3 aromatic rings. The van der Waals surface area contributed by atoms with Gasteiger partial charge in [0, 0.05) is 11.8 Å². The number of halogens is 1. The molecule has 3 rings (SSSR count). The van der Waals surface area contributed by atoms with Crippen molar-refractivity contribution in [3.05, 3.63) is 47.1 Å². The van der Waals surface area contributed by atoms with Crippen molar-refractivity contribution >= 4 is 23.5 Å². The quantitative estimate of drug-likeness (QED) is 0.670. The lowest BCUT2D eigenvalue weighted by molar-refractivity contribution is 0.0698. The fourth-order valence-electron chi connectivity index (χ4n) is 2.36. The van der Waals surface area contributed by atoms with E-state index in [2.05, 4.69) is 15.0 Å². The number of H-pyrrole nitrogens is 1. The Labute approximate surface area is 142 Å². The Morgan fingerprint density at radius 2 is 2.17 bits per heavy atom. The van der Waals surface area contributed by atoms with Crippen molar-refractivity contribution in [2.24, 2.45) is 0 Å². The zero-order valence-electron chi connectivity index (χ0n) is 12.6. The minimum atomic E-state index is -1.09. The van der Waals surface area contributed by atoms with Crippen LogP contribution in [0.1, 0.15) is 10.4 Å². The maximum Gasteiger partial charge on any atom is 0.337 e. The number of aromatic carboxylic acids is 1. The van der Waals surface area contributed by atoms with E-state index in [0.29, 0.717) is 33.4 Å². The van der Waals surface area contributed by atoms with Crippen molar-refractivity contribution in [3.8, 4) is 28.4 Å². The number of aromatic amines is 1. The number of aromatic nitrogens is 3. The van der Waals surface area contributed by atoms with E-state index >= 15 is 0 Å². The van der Waals surface area contributed by atoms with Gasteiger partial charge >= 0.3 is 5.97 Å². The maximum atomic E-state index is 11.6. The minimum absolute atomic E-state index is 0.0670. The highest BCUT2D eigenvalue weighted by molar-refractivity contribution is 6.35. The molecule has 0 aliphatic carbocycles. The van der Waals surface area contributed by atoms with Crippen LogP contribution < -0.4 is 10.5 Å². The van der Waals surface area contributed by atoms with Gasteiger partial charge in [-0.1, -0.05) is 23.7 Å². The van der Waals surface area contributed by atoms with Gasteiger partial charge in [0.1, 0.15) is 5.75 Å². The molecule has 0 radical (unpaired) electrons. The predicted molar refractivity (Wildman–Crippen MR) is 90.2 cm³/mol. The molecular weight excluding hydrogens is 332 g/mol. The number of nitrogens with two attached hydrogens (primary N) is 1. The number of nitrogens with one attached hydrogen (secondary N) is 1. The minimum Gasteiger partial charge on any atom is -0.495 e. The molecule has 7 nitrogen and oxygen atoms in total. The van der Waals surface area contributed by atoms with Crippen molar-refractivity contribution in [1.29, 1.82) is 0 Å². The Balaban J connectivity index is 2.20. The van der Waals surface area contributed by atoms with Crippen molar-refractivity contribution in [2.75, 3.05) is 12.8 Å². The molecule has 122 valence electrons. The zero-order valence-corrected chi connectivity index (χ0v) is 13.3. The van der Waals surface area contributed by atoms with E-state index in [4.69, 9.17) is 22.1 Å². The molecule has 1 aromatic carbocycles. The highest BCUT2D eigenvalue weighted by Crippen LogP contribution is 2.37. The van der Waals surface area contributed by atoms with E-state index < -0.39 is 5.97 Å². The molecule has 0 saturated carbocycles. The molecule has 4 N–H and O–H groups in total. The Bertz CT molecular complexity index is 923. The molecule has 0 aliphatic rings. The molecule has 2 heterocycles. The Hall–Kier alpha value is -3.06. The second kappa shape index (κ2) is 6.21. The van der Waals surface area contributed by atoms with Gasteiger partial charge in [-0.15, -0.1) is 0 Å². The van der Waals surface area contributed by atoms with Crippen molar-refractivity contribution in [3.63, 3.8) is 0 Å². The summed E-state index contributed by atoms with van der Waals surface area (Å²) >= 11 is 6.32. The normalized spacial score (nSPS) is 10.6. The topological polar surface area (TPSA) is 114 Å². The fraction of sp³-hybridized carbons (Fsp3) is 0.0625. The number of anilines is 1. The molecule has 0 saturated heterocycles. The second-order valence-corrected chi connectivity index (χ2v) is 5.28. The standard InChI is InChI=1S/C16H13ClN4O3/c1-24-12-4-2-3-8(13(12)17)14-9(15(22)23)7-11(20-14)10-5-6-19-16(18)21-10/h2-7,20H,1H3,(H,22,23)(H2,18,19,21). The third-order valence-corrected chi connectivity index (χ3v) is 3.84. The van der Waals surface area contributed by atoms with E-state index in [1.54, 1.807) is 24.3 Å². The van der Waals surface area contributed by atoms with E-state index in [1.165, 1.54) is 19.4 Å². The van der Waals surface area contributed by atoms with Gasteiger partial charge < -0.3 is 20.6 Å². The number of nitrogen functional groups attached to an aromatic ring is 1. The van der Waals surface area contributed by atoms with E-state index in [-0.39, 0.29) is 11.5 Å². The van der Waals surface area contributed by atoms with Crippen LogP contribution in [-0.2, 0) is 0 Å². The second-order valence-electron chi connectivity index (χ2n) is 4.90. The van der Waals surface area contributed by atoms with Crippen LogP contribution >= 0.6 is 11.6 Å². The first-order chi connectivity index (χ1) is 11.5. The molecule has 0 unspecified atom stereocenters. The highest BCUT2D eigenvalue weighted by Gasteiger charge is 2.20. The van der Waals surface area contributed by atoms with Crippen LogP contribution in [0.5, 0.6) is 5.75 Å². The molecule has 24 heavy (non-hydrogen) atoms. The number of hydrogen-bond donors (Lipinski definition) is 3. The Kier molecular flexibility index (Phi) is 4.09. The van der Waals surface area contributed by atoms with Crippen LogP contribution in [-0.4, -0.2) is 33.1 Å². The highest BCUT2D eigenvalue weighted by atomic mass is 35.5. The van der Waals surface area contributed by atoms with Crippen LogP contribution in [0.4, 0.5) is 5.95 Å². The van der Waals surface area contributed by atoms with Crippen LogP contribution in [0.15, 0.2) is 36.5 Å². The first-order valence-electron chi connectivity index (χ1n) is 6.89. The largest absolute Gasteiger partial charge is 0.495 e. The number of nitrogens with zero attached hydrogens (tertiary/aromatic N) is 2. The van der Waals surface area contributed by atoms with E-state index in [9.17, 15) is 9.90 Å². The number of carboxylic acids is 1. The monoisotopic (exact) mass is 344 g/mol. The predicted octanol–water partition coefficient (Wildman–Crippen LogP) is 3.08. The summed E-state index contributed by atoms with van der Waals surface area (Å²) in [6, 6.07) is 8.25. The summed E-state index contributed by atoms with van der Waals surface area (Å²) in [5.41, 5.74) is 7.50. The number of carboxylic acid groups (broad SMARTS) is 1. The smallest absolute Gasteiger partial charge is 0.337 e. The summed E-state index contributed by atoms with van der Waals surface area (Å²) in [6.07, 6.45) is 1.50. The Morgan fingerprint density at radius 1 is 1.38 bits per heavy atom. The van der Waals surface area contributed by atoms with Crippen molar-refractivity contribution in [1.82, 2.24) is 15.0 Å². The molecule has 0 amide bonds. The summed E-state index contributed by atoms with van der Waals surface area (Å²) < 4.78 is 5.18. The van der Waals surface area contributed by atoms with Gasteiger partial charge in [0.2, 0.25) is 5.95 Å². The number of hydrogen-bond acceptors (Lipinski definition) is 5. The zero-order chi connectivity index (χ0) is 17.3. The molecule has 0 fully saturated rings. The van der Waals surface area contributed by atoms with Crippen molar-refractivity contribution in [2.45, 2.75) is 0 Å². The van der Waals surface area contributed by atoms with Crippen LogP contribution in [0.25, 0.3) is 22.6 Å². The van der Waals surface area contributed by atoms with E-state index in [0.717, 1.165) is 0 Å². The van der Waals surface area contributed by atoms with Crippen LogP contribution in [0, 0.1) is 0 Å². The fourth-order valence-corrected chi connectivity index (χ4v) is 2.66. The lowest BCUT2D eigenvalue weighted by Gasteiger charge is -2.08.